The second kappa shape index (κ2) is 5.46. The smallest absolute Gasteiger partial charge is 0.341 e. The van der Waals surface area contributed by atoms with Crippen LogP contribution in [-0.4, -0.2) is 28.9 Å². The number of benzene rings is 1. The van der Waals surface area contributed by atoms with Gasteiger partial charge in [0.15, 0.2) is 0 Å². The van der Waals surface area contributed by atoms with Crippen LogP contribution in [0.25, 0.3) is 0 Å². The molecular weight excluding hydrogens is 288 g/mol. The summed E-state index contributed by atoms with van der Waals surface area (Å²) in [5.41, 5.74) is 3.51. The van der Waals surface area contributed by atoms with Gasteiger partial charge in [0, 0.05) is 49.9 Å². The maximum Gasteiger partial charge on any atom is 0.341 e. The van der Waals surface area contributed by atoms with E-state index in [4.69, 9.17) is 4.74 Å². The molecule has 1 aromatic heterocycles. The van der Waals surface area contributed by atoms with Gasteiger partial charge < -0.3 is 4.74 Å². The van der Waals surface area contributed by atoms with Crippen LogP contribution < -0.4 is 0 Å². The highest BCUT2D eigenvalue weighted by atomic mass is 16.6. The summed E-state index contributed by atoms with van der Waals surface area (Å²) in [5, 5.41) is 0. The number of pyridine rings is 1. The molecule has 0 atom stereocenters. The predicted molar refractivity (Wildman–Crippen MR) is 87.0 cm³/mol. The van der Waals surface area contributed by atoms with Crippen LogP contribution in [0.5, 0.6) is 0 Å². The Bertz CT molecular complexity index is 734. The summed E-state index contributed by atoms with van der Waals surface area (Å²) in [6.45, 7) is 4.78. The quantitative estimate of drug-likeness (QED) is 0.800. The molecule has 2 aliphatic rings. The summed E-state index contributed by atoms with van der Waals surface area (Å²) in [7, 11) is 0. The van der Waals surface area contributed by atoms with E-state index in [-0.39, 0.29) is 5.97 Å². The van der Waals surface area contributed by atoms with E-state index in [9.17, 15) is 4.79 Å². The molecule has 1 fully saturated rings. The Hall–Kier alpha value is -2.20. The van der Waals surface area contributed by atoms with Crippen molar-refractivity contribution in [3.63, 3.8) is 0 Å². The number of piperidine rings is 1. The van der Waals surface area contributed by atoms with Crippen molar-refractivity contribution in [1.29, 1.82) is 0 Å². The van der Waals surface area contributed by atoms with E-state index >= 15 is 0 Å². The highest BCUT2D eigenvalue weighted by molar-refractivity contribution is 5.94. The maximum absolute atomic E-state index is 12.1. The monoisotopic (exact) mass is 308 g/mol. The number of rotatable bonds is 2. The van der Waals surface area contributed by atoms with Gasteiger partial charge in [0.1, 0.15) is 5.60 Å². The van der Waals surface area contributed by atoms with Crippen molar-refractivity contribution in [2.24, 2.45) is 0 Å². The molecule has 3 heterocycles. The molecule has 118 valence electrons. The van der Waals surface area contributed by atoms with Gasteiger partial charge in [-0.3, -0.25) is 9.88 Å². The zero-order valence-corrected chi connectivity index (χ0v) is 13.3. The lowest BCUT2D eigenvalue weighted by atomic mass is 9.84. The fraction of sp³-hybridized carbons (Fsp3) is 0.368. The fourth-order valence-electron chi connectivity index (χ4n) is 3.67. The molecular formula is C19H20N2O2. The van der Waals surface area contributed by atoms with E-state index in [0.717, 1.165) is 43.7 Å². The Labute approximate surface area is 136 Å². The van der Waals surface area contributed by atoms with Crippen molar-refractivity contribution in [3.05, 3.63) is 65.0 Å². The molecule has 0 N–H and O–H groups in total. The number of hydrogen-bond acceptors (Lipinski definition) is 4. The molecule has 0 saturated carbocycles. The number of esters is 1. The highest BCUT2D eigenvalue weighted by Crippen LogP contribution is 2.44. The largest absolute Gasteiger partial charge is 0.450 e. The summed E-state index contributed by atoms with van der Waals surface area (Å²) >= 11 is 0. The van der Waals surface area contributed by atoms with Crippen LogP contribution in [0.2, 0.25) is 0 Å². The van der Waals surface area contributed by atoms with Crippen LogP contribution in [0.1, 0.15) is 40.0 Å². The molecule has 2 aliphatic heterocycles. The first-order chi connectivity index (χ1) is 11.2. The second-order valence-corrected chi connectivity index (χ2v) is 6.52. The maximum atomic E-state index is 12.1. The number of likely N-dealkylation sites (tertiary alicyclic amines) is 1. The number of aromatic nitrogens is 1. The molecule has 0 bridgehead atoms. The van der Waals surface area contributed by atoms with E-state index in [2.05, 4.69) is 34.1 Å². The Kier molecular flexibility index (Phi) is 3.42. The highest BCUT2D eigenvalue weighted by Gasteiger charge is 2.47. The number of carbonyl (C=O) groups excluding carboxylic acids is 1. The van der Waals surface area contributed by atoms with E-state index in [1.807, 2.05) is 19.1 Å². The first kappa shape index (κ1) is 14.4. The molecule has 0 unspecified atom stereocenters. The van der Waals surface area contributed by atoms with Gasteiger partial charge in [-0.05, 0) is 18.6 Å². The number of hydrogen-bond donors (Lipinski definition) is 0. The predicted octanol–water partition coefficient (Wildman–Crippen LogP) is 3.05. The molecule has 1 saturated heterocycles. The number of nitrogens with zero attached hydrogens (tertiary/aromatic N) is 2. The Morgan fingerprint density at radius 2 is 1.96 bits per heavy atom. The molecule has 1 aromatic carbocycles. The van der Waals surface area contributed by atoms with Crippen molar-refractivity contribution >= 4 is 5.97 Å². The minimum absolute atomic E-state index is 0.219. The summed E-state index contributed by atoms with van der Waals surface area (Å²) in [6, 6.07) is 12.5. The molecule has 0 amide bonds. The fourth-order valence-corrected chi connectivity index (χ4v) is 3.67. The van der Waals surface area contributed by atoms with E-state index < -0.39 is 5.60 Å². The van der Waals surface area contributed by atoms with Gasteiger partial charge in [-0.1, -0.05) is 30.3 Å². The third-order valence-electron chi connectivity index (χ3n) is 4.95. The van der Waals surface area contributed by atoms with Gasteiger partial charge in [-0.2, -0.15) is 0 Å². The summed E-state index contributed by atoms with van der Waals surface area (Å²) < 4.78 is 5.81. The lowest BCUT2D eigenvalue weighted by Crippen LogP contribution is -2.42. The molecule has 4 nitrogen and oxygen atoms in total. The first-order valence-corrected chi connectivity index (χ1v) is 8.13. The number of ether oxygens (including phenoxy) is 1. The standard InChI is InChI=1S/C19H20N2O2/c1-14-11-17-16(12-20-14)18(22)23-19(17)7-9-21(10-8-19)13-15-5-3-2-4-6-15/h2-6,11-12H,7-10,13H2,1H3. The van der Waals surface area contributed by atoms with Crippen molar-refractivity contribution in [2.75, 3.05) is 13.1 Å². The van der Waals surface area contributed by atoms with Crippen molar-refractivity contribution in [2.45, 2.75) is 31.9 Å². The van der Waals surface area contributed by atoms with Crippen LogP contribution in [0.4, 0.5) is 0 Å². The van der Waals surface area contributed by atoms with Crippen LogP contribution in [0.15, 0.2) is 42.6 Å². The lowest BCUT2D eigenvalue weighted by molar-refractivity contribution is -0.0441. The number of fused-ring (bicyclic) bond motifs is 2. The minimum atomic E-state index is -0.437. The van der Waals surface area contributed by atoms with Crippen molar-refractivity contribution in [1.82, 2.24) is 9.88 Å². The molecule has 0 aliphatic carbocycles. The van der Waals surface area contributed by atoms with Gasteiger partial charge in [0.2, 0.25) is 0 Å². The molecule has 2 aromatic rings. The topological polar surface area (TPSA) is 42.4 Å². The molecule has 1 spiro atoms. The lowest BCUT2D eigenvalue weighted by Gasteiger charge is -2.38. The van der Waals surface area contributed by atoms with Gasteiger partial charge in [-0.15, -0.1) is 0 Å². The van der Waals surface area contributed by atoms with Crippen molar-refractivity contribution in [3.8, 4) is 0 Å². The third kappa shape index (κ3) is 2.53. The SMILES string of the molecule is Cc1cc2c(cn1)C(=O)OC21CCN(Cc2ccccc2)CC1. The minimum Gasteiger partial charge on any atom is -0.450 e. The zero-order chi connectivity index (χ0) is 15.9. The average Bonchev–Trinajstić information content (AvgIpc) is 2.83. The second-order valence-electron chi connectivity index (χ2n) is 6.52. The van der Waals surface area contributed by atoms with Crippen LogP contribution in [-0.2, 0) is 16.9 Å². The van der Waals surface area contributed by atoms with E-state index in [1.54, 1.807) is 6.20 Å². The Balaban J connectivity index is 1.52. The van der Waals surface area contributed by atoms with Gasteiger partial charge in [0.05, 0.1) is 5.56 Å². The molecule has 23 heavy (non-hydrogen) atoms. The van der Waals surface area contributed by atoms with Gasteiger partial charge >= 0.3 is 5.97 Å². The number of aryl methyl sites for hydroxylation is 1. The van der Waals surface area contributed by atoms with Crippen LogP contribution in [0, 0.1) is 6.92 Å². The summed E-state index contributed by atoms with van der Waals surface area (Å²) in [6.07, 6.45) is 3.36. The van der Waals surface area contributed by atoms with Gasteiger partial charge in [0.25, 0.3) is 0 Å². The van der Waals surface area contributed by atoms with Crippen molar-refractivity contribution < 1.29 is 9.53 Å². The van der Waals surface area contributed by atoms with E-state index in [0.29, 0.717) is 5.56 Å². The average molecular weight is 308 g/mol. The van der Waals surface area contributed by atoms with E-state index in [1.165, 1.54) is 5.56 Å². The Morgan fingerprint density at radius 3 is 2.70 bits per heavy atom. The van der Waals surface area contributed by atoms with Crippen LogP contribution >= 0.6 is 0 Å². The Morgan fingerprint density at radius 1 is 1.22 bits per heavy atom. The zero-order valence-electron chi connectivity index (χ0n) is 13.3. The first-order valence-electron chi connectivity index (χ1n) is 8.13. The molecule has 4 rings (SSSR count). The molecule has 4 heteroatoms. The summed E-state index contributed by atoms with van der Waals surface area (Å²) in [5.74, 6) is -0.219. The normalized spacial score (nSPS) is 19.6. The van der Waals surface area contributed by atoms with Gasteiger partial charge in [-0.25, -0.2) is 4.79 Å². The van der Waals surface area contributed by atoms with Crippen LogP contribution in [0.3, 0.4) is 0 Å². The molecule has 0 radical (unpaired) electrons. The number of carbonyl (C=O) groups is 1. The summed E-state index contributed by atoms with van der Waals surface area (Å²) in [4.78, 5) is 18.8. The third-order valence-corrected chi connectivity index (χ3v) is 4.95.